The number of aromatic nitrogens is 1. The van der Waals surface area contributed by atoms with E-state index in [2.05, 4.69) is 4.98 Å². The maximum absolute atomic E-state index is 12.2. The van der Waals surface area contributed by atoms with Crippen LogP contribution in [-0.4, -0.2) is 10.2 Å². The van der Waals surface area contributed by atoms with Crippen LogP contribution in [-0.2, 0) is 0 Å². The highest BCUT2D eigenvalue weighted by atomic mass is 127. The Labute approximate surface area is 95.6 Å². The first-order chi connectivity index (χ1) is 6.43. The average Bonchev–Trinajstić information content (AvgIpc) is 2.01. The van der Waals surface area contributed by atoms with Crippen LogP contribution in [0.4, 0.5) is 8.78 Å². The normalized spacial score (nSPS) is 10.6. The first kappa shape index (κ1) is 11.6. The number of nitrogens with one attached hydrogen (secondary N) is 1. The van der Waals surface area contributed by atoms with Gasteiger partial charge in [0.25, 0.3) is 11.7 Å². The van der Waals surface area contributed by atoms with Gasteiger partial charge in [0.05, 0.1) is 9.39 Å². The van der Waals surface area contributed by atoms with Crippen molar-refractivity contribution in [3.8, 4) is 0 Å². The lowest BCUT2D eigenvalue weighted by atomic mass is 10.2. The summed E-state index contributed by atoms with van der Waals surface area (Å²) in [6, 6.07) is 0.669. The van der Waals surface area contributed by atoms with Crippen molar-refractivity contribution < 1.29 is 13.6 Å². The van der Waals surface area contributed by atoms with Gasteiger partial charge in [-0.2, -0.15) is 0 Å². The van der Waals surface area contributed by atoms with Crippen LogP contribution in [0.2, 0.25) is 0 Å². The first-order valence-electron chi connectivity index (χ1n) is 3.34. The molecule has 0 unspecified atom stereocenters. The summed E-state index contributed by atoms with van der Waals surface area (Å²) in [5, 5.41) is -0.962. The maximum atomic E-state index is 12.2. The summed E-state index contributed by atoms with van der Waals surface area (Å²) in [4.78, 5) is 24.1. The molecule has 0 saturated heterocycles. The fraction of sp³-hybridized carbons (Fsp3) is 0.143. The van der Waals surface area contributed by atoms with Crippen LogP contribution in [0.15, 0.2) is 10.9 Å². The summed E-state index contributed by atoms with van der Waals surface area (Å²) < 4.78 is 24.4. The smallest absolute Gasteiger partial charge is 0.278 e. The van der Waals surface area contributed by atoms with Crippen molar-refractivity contribution in [3.05, 3.63) is 31.2 Å². The lowest BCUT2D eigenvalue weighted by Crippen LogP contribution is -2.16. The van der Waals surface area contributed by atoms with Crippen molar-refractivity contribution in [2.45, 2.75) is 6.43 Å². The Morgan fingerprint density at radius 2 is 2.14 bits per heavy atom. The van der Waals surface area contributed by atoms with Gasteiger partial charge < -0.3 is 4.98 Å². The van der Waals surface area contributed by atoms with E-state index >= 15 is 0 Å². The van der Waals surface area contributed by atoms with Gasteiger partial charge in [-0.25, -0.2) is 8.78 Å². The molecule has 1 aromatic heterocycles. The minimum Gasteiger partial charge on any atom is -0.348 e. The quantitative estimate of drug-likeness (QED) is 0.513. The van der Waals surface area contributed by atoms with E-state index in [1.165, 1.54) is 0 Å². The molecule has 0 bridgehead atoms. The van der Waals surface area contributed by atoms with E-state index in [1.54, 1.807) is 22.6 Å². The first-order valence-corrected chi connectivity index (χ1v) is 4.80. The molecular weight excluding hydrogens is 330 g/mol. The molecule has 0 aliphatic carbocycles. The summed E-state index contributed by atoms with van der Waals surface area (Å²) >= 11 is 6.66. The number of rotatable bonds is 2. The lowest BCUT2D eigenvalue weighted by Gasteiger charge is -2.03. The summed E-state index contributed by atoms with van der Waals surface area (Å²) in [6.07, 6.45) is -2.78. The van der Waals surface area contributed by atoms with Crippen LogP contribution in [0.1, 0.15) is 22.5 Å². The predicted octanol–water partition coefficient (Wildman–Crippen LogP) is 2.30. The van der Waals surface area contributed by atoms with E-state index in [-0.39, 0.29) is 9.26 Å². The monoisotopic (exact) mass is 333 g/mol. The Hall–Kier alpha value is -0.500. The number of carbonyl (C=O) groups excluding carboxylic acids is 1. The molecule has 7 heteroatoms. The van der Waals surface area contributed by atoms with Gasteiger partial charge in [-0.3, -0.25) is 9.59 Å². The molecule has 0 aromatic carbocycles. The molecule has 0 radical (unpaired) electrons. The van der Waals surface area contributed by atoms with E-state index in [1.807, 2.05) is 0 Å². The second-order valence-corrected chi connectivity index (χ2v) is 3.77. The summed E-state index contributed by atoms with van der Waals surface area (Å²) in [5.41, 5.74) is -1.64. The number of pyridine rings is 1. The van der Waals surface area contributed by atoms with Crippen LogP contribution in [0.5, 0.6) is 0 Å². The predicted molar refractivity (Wildman–Crippen MR) is 54.9 cm³/mol. The second-order valence-electron chi connectivity index (χ2n) is 2.35. The van der Waals surface area contributed by atoms with Crippen molar-refractivity contribution in [1.29, 1.82) is 0 Å². The third-order valence-corrected chi connectivity index (χ3v) is 2.44. The van der Waals surface area contributed by atoms with Crippen molar-refractivity contribution in [1.82, 2.24) is 4.98 Å². The molecule has 0 spiro atoms. The Balaban J connectivity index is 3.40. The van der Waals surface area contributed by atoms with E-state index in [0.717, 1.165) is 0 Å². The Morgan fingerprint density at radius 3 is 2.50 bits per heavy atom. The Kier molecular flexibility index (Phi) is 3.59. The number of alkyl halides is 2. The molecule has 0 fully saturated rings. The minimum atomic E-state index is -2.78. The third kappa shape index (κ3) is 2.30. The largest absolute Gasteiger partial charge is 0.348 e. The number of halogens is 4. The SMILES string of the molecule is O=C(Cl)c1c(I)[nH]c(C(F)F)cc1=O. The fourth-order valence-corrected chi connectivity index (χ4v) is 2.02. The fourth-order valence-electron chi connectivity index (χ4n) is 0.848. The zero-order valence-electron chi connectivity index (χ0n) is 6.48. The van der Waals surface area contributed by atoms with Gasteiger partial charge in [0.1, 0.15) is 5.56 Å². The van der Waals surface area contributed by atoms with Crippen molar-refractivity contribution >= 4 is 39.4 Å². The van der Waals surface area contributed by atoms with E-state index < -0.39 is 22.8 Å². The lowest BCUT2D eigenvalue weighted by molar-refractivity contribution is 0.107. The highest BCUT2D eigenvalue weighted by molar-refractivity contribution is 14.1. The van der Waals surface area contributed by atoms with Crippen LogP contribution in [0.25, 0.3) is 0 Å². The van der Waals surface area contributed by atoms with E-state index in [9.17, 15) is 18.4 Å². The van der Waals surface area contributed by atoms with Crippen LogP contribution in [0, 0.1) is 3.70 Å². The zero-order chi connectivity index (χ0) is 10.9. The number of hydrogen-bond donors (Lipinski definition) is 1. The molecule has 0 atom stereocenters. The standard InChI is InChI=1S/C7H3ClF2INO2/c8-5(14)4-3(13)1-2(6(9)10)12-7(4)11/h1,6H,(H,12,13). The molecule has 1 heterocycles. The van der Waals surface area contributed by atoms with Gasteiger partial charge in [0.15, 0.2) is 5.43 Å². The third-order valence-electron chi connectivity index (χ3n) is 1.44. The summed E-state index contributed by atoms with van der Waals surface area (Å²) in [6.45, 7) is 0. The topological polar surface area (TPSA) is 49.9 Å². The average molecular weight is 333 g/mol. The van der Waals surface area contributed by atoms with Gasteiger partial charge in [-0.05, 0) is 34.2 Å². The van der Waals surface area contributed by atoms with E-state index in [0.29, 0.717) is 6.07 Å². The summed E-state index contributed by atoms with van der Waals surface area (Å²) in [5.74, 6) is 0. The molecule has 1 aromatic rings. The van der Waals surface area contributed by atoms with E-state index in [4.69, 9.17) is 11.6 Å². The Morgan fingerprint density at radius 1 is 1.57 bits per heavy atom. The molecule has 1 N–H and O–H groups in total. The second kappa shape index (κ2) is 4.35. The zero-order valence-corrected chi connectivity index (χ0v) is 9.40. The van der Waals surface area contributed by atoms with Gasteiger partial charge >= 0.3 is 0 Å². The molecule has 3 nitrogen and oxygen atoms in total. The summed E-state index contributed by atoms with van der Waals surface area (Å²) in [7, 11) is 0. The minimum absolute atomic E-state index is 0.0189. The van der Waals surface area contributed by atoms with Gasteiger partial charge in [-0.1, -0.05) is 0 Å². The van der Waals surface area contributed by atoms with Crippen LogP contribution in [0.3, 0.4) is 0 Å². The molecule has 0 amide bonds. The molecule has 76 valence electrons. The van der Waals surface area contributed by atoms with Crippen LogP contribution >= 0.6 is 34.2 Å². The molecule has 1 rings (SSSR count). The molecule has 0 aliphatic heterocycles. The van der Waals surface area contributed by atoms with Crippen molar-refractivity contribution in [2.75, 3.05) is 0 Å². The molecule has 0 saturated carbocycles. The van der Waals surface area contributed by atoms with Gasteiger partial charge in [0.2, 0.25) is 0 Å². The number of hydrogen-bond acceptors (Lipinski definition) is 2. The van der Waals surface area contributed by atoms with Crippen molar-refractivity contribution in [2.24, 2.45) is 0 Å². The van der Waals surface area contributed by atoms with Gasteiger partial charge in [-0.15, -0.1) is 0 Å². The highest BCUT2D eigenvalue weighted by Gasteiger charge is 2.17. The van der Waals surface area contributed by atoms with Crippen LogP contribution < -0.4 is 5.43 Å². The van der Waals surface area contributed by atoms with Gasteiger partial charge in [0, 0.05) is 6.07 Å². The van der Waals surface area contributed by atoms with Crippen molar-refractivity contribution in [3.63, 3.8) is 0 Å². The maximum Gasteiger partial charge on any atom is 0.278 e. The Bertz CT molecular complexity index is 432. The molecule has 0 aliphatic rings. The molecular formula is C7H3ClF2INO2. The number of aromatic amines is 1. The number of H-pyrrole nitrogens is 1. The highest BCUT2D eigenvalue weighted by Crippen LogP contribution is 2.17. The number of carbonyl (C=O) groups is 1. The molecule has 14 heavy (non-hydrogen) atoms.